The third-order valence-corrected chi connectivity index (χ3v) is 5.84. The molecule has 2 aromatic heterocycles. The Balaban J connectivity index is 0.000000301. The molecule has 0 atom stereocenters. The molecule has 0 saturated carbocycles. The first-order chi connectivity index (χ1) is 17.7. The van der Waals surface area contributed by atoms with Crippen molar-refractivity contribution in [3.05, 3.63) is 48.7 Å². The topological polar surface area (TPSA) is 116 Å². The molecular weight excluding hydrogens is 528 g/mol. The van der Waals surface area contributed by atoms with E-state index in [2.05, 4.69) is 26.9 Å². The van der Waals surface area contributed by atoms with Crippen molar-refractivity contribution in [2.75, 3.05) is 44.3 Å². The van der Waals surface area contributed by atoms with Crippen LogP contribution in [0.1, 0.15) is 18.4 Å². The van der Waals surface area contributed by atoms with Crippen molar-refractivity contribution in [2.45, 2.75) is 31.7 Å². The summed E-state index contributed by atoms with van der Waals surface area (Å²) in [6.07, 6.45) is -0.396. The van der Waals surface area contributed by atoms with Gasteiger partial charge in [0.1, 0.15) is 0 Å². The molecule has 212 valence electrons. The number of halogens is 6. The zero-order valence-corrected chi connectivity index (χ0v) is 20.0. The van der Waals surface area contributed by atoms with E-state index in [1.54, 1.807) is 6.26 Å². The summed E-state index contributed by atoms with van der Waals surface area (Å²) >= 11 is 0. The fourth-order valence-corrected chi connectivity index (χ4v) is 3.88. The molecule has 2 saturated heterocycles. The average Bonchev–Trinajstić information content (AvgIpc) is 3.27. The molecule has 2 N–H and O–H groups in total. The van der Waals surface area contributed by atoms with Crippen LogP contribution in [0.4, 0.5) is 32.0 Å². The number of nitrogens with zero attached hydrogens (tertiary/aromatic N) is 3. The number of carbonyl (C=O) groups is 2. The molecule has 0 amide bonds. The number of hydrogen-bond donors (Lipinski definition) is 2. The summed E-state index contributed by atoms with van der Waals surface area (Å²) in [6, 6.07) is 6.23. The maximum absolute atomic E-state index is 10.6. The van der Waals surface area contributed by atoms with E-state index in [9.17, 15) is 26.3 Å². The quantitative estimate of drug-likeness (QED) is 0.541. The van der Waals surface area contributed by atoms with Gasteiger partial charge in [-0.2, -0.15) is 26.3 Å². The molecule has 2 fully saturated rings. The van der Waals surface area contributed by atoms with Crippen LogP contribution in [-0.4, -0.2) is 83.8 Å². The number of hydrogen-bond acceptors (Lipinski definition) is 7. The molecule has 1 spiro atoms. The van der Waals surface area contributed by atoms with Crippen molar-refractivity contribution < 1.29 is 55.3 Å². The third-order valence-electron chi connectivity index (χ3n) is 5.84. The highest BCUT2D eigenvalue weighted by molar-refractivity contribution is 5.73. The molecule has 15 heteroatoms. The monoisotopic (exact) mass is 555 g/mol. The molecule has 9 nitrogen and oxygen atoms in total. The minimum absolute atomic E-state index is 0.263. The zero-order chi connectivity index (χ0) is 28.4. The highest BCUT2D eigenvalue weighted by atomic mass is 19.4. The van der Waals surface area contributed by atoms with Crippen LogP contribution in [0.3, 0.4) is 0 Å². The van der Waals surface area contributed by atoms with Gasteiger partial charge < -0.3 is 24.3 Å². The second-order valence-electron chi connectivity index (χ2n) is 8.70. The minimum atomic E-state index is -5.08. The van der Waals surface area contributed by atoms with Crippen LogP contribution in [0.25, 0.3) is 0 Å². The minimum Gasteiger partial charge on any atom is -0.475 e. The predicted octanol–water partition coefficient (Wildman–Crippen LogP) is 4.06. The van der Waals surface area contributed by atoms with E-state index in [-0.39, 0.29) is 5.41 Å². The number of pyridine rings is 1. The summed E-state index contributed by atoms with van der Waals surface area (Å²) < 4.78 is 74.6. The van der Waals surface area contributed by atoms with Gasteiger partial charge in [-0.3, -0.25) is 9.88 Å². The highest BCUT2D eigenvalue weighted by Crippen LogP contribution is 2.36. The van der Waals surface area contributed by atoms with Crippen LogP contribution in [0, 0.1) is 5.41 Å². The number of carboxylic acids is 2. The molecular formula is C23H27F6N3O6. The lowest BCUT2D eigenvalue weighted by Crippen LogP contribution is -2.47. The Morgan fingerprint density at radius 1 is 1.00 bits per heavy atom. The van der Waals surface area contributed by atoms with Gasteiger partial charge in [0.05, 0.1) is 37.6 Å². The van der Waals surface area contributed by atoms with Crippen molar-refractivity contribution in [3.8, 4) is 0 Å². The summed E-state index contributed by atoms with van der Waals surface area (Å²) in [5, 5.41) is 14.2. The maximum atomic E-state index is 10.6. The lowest BCUT2D eigenvalue weighted by Gasteiger charge is -2.43. The summed E-state index contributed by atoms with van der Waals surface area (Å²) in [4.78, 5) is 27.0. The molecule has 2 aromatic rings. The number of piperidine rings is 1. The SMILES string of the molecule is O=C(O)C(F)(F)F.O=C(O)C(F)(F)F.c1cncc(N2CCOCC3(CCN(Cc4ccoc4)CC3)C2)c1. The van der Waals surface area contributed by atoms with Gasteiger partial charge in [0.2, 0.25) is 0 Å². The molecule has 38 heavy (non-hydrogen) atoms. The fraction of sp³-hybridized carbons (Fsp3) is 0.522. The molecule has 4 heterocycles. The molecule has 0 radical (unpaired) electrons. The van der Waals surface area contributed by atoms with Gasteiger partial charge in [0, 0.05) is 36.8 Å². The number of carboxylic acid groups (broad SMARTS) is 2. The van der Waals surface area contributed by atoms with Gasteiger partial charge in [0.25, 0.3) is 0 Å². The molecule has 2 aliphatic rings. The molecule has 2 aliphatic heterocycles. The Morgan fingerprint density at radius 3 is 2.08 bits per heavy atom. The fourth-order valence-electron chi connectivity index (χ4n) is 3.88. The van der Waals surface area contributed by atoms with Crippen LogP contribution >= 0.6 is 0 Å². The normalized spacial score (nSPS) is 17.9. The van der Waals surface area contributed by atoms with E-state index in [0.717, 1.165) is 45.9 Å². The smallest absolute Gasteiger partial charge is 0.475 e. The van der Waals surface area contributed by atoms with E-state index >= 15 is 0 Å². The lowest BCUT2D eigenvalue weighted by molar-refractivity contribution is -0.193. The molecule has 4 rings (SSSR count). The molecule has 0 aliphatic carbocycles. The van der Waals surface area contributed by atoms with Crippen LogP contribution in [0.15, 0.2) is 47.5 Å². The van der Waals surface area contributed by atoms with Crippen molar-refractivity contribution in [2.24, 2.45) is 5.41 Å². The van der Waals surface area contributed by atoms with E-state index in [1.807, 2.05) is 24.7 Å². The first kappa shape index (κ1) is 30.9. The van der Waals surface area contributed by atoms with Gasteiger partial charge in [0.15, 0.2) is 0 Å². The van der Waals surface area contributed by atoms with E-state index in [1.165, 1.54) is 24.1 Å². The van der Waals surface area contributed by atoms with Crippen molar-refractivity contribution in [1.82, 2.24) is 9.88 Å². The number of anilines is 1. The van der Waals surface area contributed by atoms with Gasteiger partial charge in [-0.25, -0.2) is 9.59 Å². The number of alkyl halides is 6. The summed E-state index contributed by atoms with van der Waals surface area (Å²) in [6.45, 7) is 6.92. The van der Waals surface area contributed by atoms with Crippen LogP contribution in [-0.2, 0) is 20.9 Å². The summed E-state index contributed by atoms with van der Waals surface area (Å²) in [5.41, 5.74) is 2.74. The predicted molar refractivity (Wildman–Crippen MR) is 120 cm³/mol. The zero-order valence-electron chi connectivity index (χ0n) is 20.0. The average molecular weight is 555 g/mol. The number of rotatable bonds is 3. The second kappa shape index (κ2) is 13.5. The van der Waals surface area contributed by atoms with E-state index < -0.39 is 24.3 Å². The van der Waals surface area contributed by atoms with Crippen LogP contribution < -0.4 is 4.90 Å². The Hall–Kier alpha value is -3.33. The number of aromatic nitrogens is 1. The molecule has 0 aromatic carbocycles. The largest absolute Gasteiger partial charge is 0.490 e. The second-order valence-corrected chi connectivity index (χ2v) is 8.70. The Labute approximate surface area is 213 Å². The van der Waals surface area contributed by atoms with Crippen molar-refractivity contribution >= 4 is 17.6 Å². The van der Waals surface area contributed by atoms with Gasteiger partial charge in [-0.15, -0.1) is 0 Å². The van der Waals surface area contributed by atoms with Crippen molar-refractivity contribution in [1.29, 1.82) is 0 Å². The lowest BCUT2D eigenvalue weighted by atomic mass is 9.78. The molecule has 0 bridgehead atoms. The highest BCUT2D eigenvalue weighted by Gasteiger charge is 2.39. The Morgan fingerprint density at radius 2 is 1.61 bits per heavy atom. The van der Waals surface area contributed by atoms with Gasteiger partial charge in [-0.05, 0) is 44.1 Å². The summed E-state index contributed by atoms with van der Waals surface area (Å²) in [5.74, 6) is -5.51. The number of furan rings is 1. The number of ether oxygens (including phenoxy) is 1. The van der Waals surface area contributed by atoms with Gasteiger partial charge in [-0.1, -0.05) is 0 Å². The van der Waals surface area contributed by atoms with Gasteiger partial charge >= 0.3 is 24.3 Å². The first-order valence-electron chi connectivity index (χ1n) is 11.3. The number of aliphatic carboxylic acids is 2. The van der Waals surface area contributed by atoms with Crippen LogP contribution in [0.2, 0.25) is 0 Å². The standard InChI is InChI=1S/C19H25N3O2.2C2HF3O2/c1-2-18(12-20-6-1)22-9-11-24-16-19(15-22)4-7-21(8-5-19)13-17-3-10-23-14-17;2*3-2(4,5)1(6)7/h1-3,6,10,12,14H,4-5,7-9,11,13,15-16H2;2*(H,6,7). The Kier molecular flexibility index (Phi) is 10.9. The van der Waals surface area contributed by atoms with Crippen LogP contribution in [0.5, 0.6) is 0 Å². The van der Waals surface area contributed by atoms with E-state index in [4.69, 9.17) is 29.0 Å². The third kappa shape index (κ3) is 10.2. The summed E-state index contributed by atoms with van der Waals surface area (Å²) in [7, 11) is 0. The Bertz CT molecular complexity index is 969. The molecule has 0 unspecified atom stereocenters. The number of likely N-dealkylation sites (tertiary alicyclic amines) is 1. The van der Waals surface area contributed by atoms with Crippen molar-refractivity contribution in [3.63, 3.8) is 0 Å². The van der Waals surface area contributed by atoms with E-state index in [0.29, 0.717) is 0 Å². The maximum Gasteiger partial charge on any atom is 0.490 e. The first-order valence-corrected chi connectivity index (χ1v) is 11.3.